The predicted octanol–water partition coefficient (Wildman–Crippen LogP) is 1.51. The first kappa shape index (κ1) is 12.0. The average Bonchev–Trinajstić information content (AvgIpc) is 2.26. The summed E-state index contributed by atoms with van der Waals surface area (Å²) in [5.74, 6) is 5.02. The molecule has 0 aliphatic rings. The van der Waals surface area contributed by atoms with Crippen LogP contribution in [0.5, 0.6) is 0 Å². The fraction of sp³-hybridized carbons (Fsp3) is 0.300. The van der Waals surface area contributed by atoms with E-state index >= 15 is 0 Å². The van der Waals surface area contributed by atoms with Crippen molar-refractivity contribution in [3.63, 3.8) is 0 Å². The van der Waals surface area contributed by atoms with Gasteiger partial charge in [0, 0.05) is 18.1 Å². The second kappa shape index (κ2) is 5.72. The number of rotatable bonds is 3. The number of nitrogens with two attached hydrogens (primary N) is 1. The van der Waals surface area contributed by atoms with Gasteiger partial charge in [0.25, 0.3) is 0 Å². The molecule has 1 rings (SSSR count). The molecule has 5 heteroatoms. The molecular formula is C10H14BrN3O. The fourth-order valence-corrected chi connectivity index (χ4v) is 1.68. The largest absolute Gasteiger partial charge is 0.331 e. The van der Waals surface area contributed by atoms with Crippen molar-refractivity contribution >= 4 is 22.0 Å². The van der Waals surface area contributed by atoms with Gasteiger partial charge in [-0.2, -0.15) is 0 Å². The van der Waals surface area contributed by atoms with Gasteiger partial charge in [0.1, 0.15) is 0 Å². The van der Waals surface area contributed by atoms with Crippen molar-refractivity contribution in [2.24, 2.45) is 5.84 Å². The minimum Gasteiger partial charge on any atom is -0.326 e. The molecule has 2 amide bonds. The Morgan fingerprint density at radius 2 is 2.20 bits per heavy atom. The minimum absolute atomic E-state index is 0.276. The Labute approximate surface area is 97.5 Å². The van der Waals surface area contributed by atoms with Gasteiger partial charge >= 0.3 is 6.03 Å². The van der Waals surface area contributed by atoms with Crippen LogP contribution < -0.4 is 11.3 Å². The standard InChI is InChI=1S/C10H14BrN3O/c1-14(10(15)13-12)7-6-8-4-2-3-5-9(8)11/h2-5H,6-7,12H2,1H3,(H,13,15). The molecule has 1 aromatic rings. The number of hydrogen-bond donors (Lipinski definition) is 2. The summed E-state index contributed by atoms with van der Waals surface area (Å²) in [5, 5.41) is 0. The summed E-state index contributed by atoms with van der Waals surface area (Å²) in [6.45, 7) is 0.631. The SMILES string of the molecule is CN(CCc1ccccc1Br)C(=O)NN. The van der Waals surface area contributed by atoms with Crippen LogP contribution in [0.3, 0.4) is 0 Å². The van der Waals surface area contributed by atoms with Gasteiger partial charge in [-0.25, -0.2) is 10.6 Å². The van der Waals surface area contributed by atoms with E-state index < -0.39 is 0 Å². The fourth-order valence-electron chi connectivity index (χ4n) is 1.20. The van der Waals surface area contributed by atoms with Crippen LogP contribution in [0, 0.1) is 0 Å². The van der Waals surface area contributed by atoms with Crippen LogP contribution in [0.15, 0.2) is 28.7 Å². The Bertz CT molecular complexity index is 343. The van der Waals surface area contributed by atoms with Crippen molar-refractivity contribution in [2.75, 3.05) is 13.6 Å². The van der Waals surface area contributed by atoms with Crippen LogP contribution in [0.2, 0.25) is 0 Å². The topological polar surface area (TPSA) is 58.4 Å². The molecule has 0 fully saturated rings. The molecule has 82 valence electrons. The number of benzene rings is 1. The Hall–Kier alpha value is -1.07. The molecule has 0 unspecified atom stereocenters. The van der Waals surface area contributed by atoms with Gasteiger partial charge in [-0.05, 0) is 18.1 Å². The van der Waals surface area contributed by atoms with Crippen molar-refractivity contribution in [3.05, 3.63) is 34.3 Å². The normalized spacial score (nSPS) is 9.80. The second-order valence-corrected chi connectivity index (χ2v) is 4.07. The highest BCUT2D eigenvalue weighted by molar-refractivity contribution is 9.10. The second-order valence-electron chi connectivity index (χ2n) is 3.21. The number of carbonyl (C=O) groups is 1. The van der Waals surface area contributed by atoms with E-state index in [4.69, 9.17) is 5.84 Å². The van der Waals surface area contributed by atoms with E-state index in [0.717, 1.165) is 10.9 Å². The molecule has 0 bridgehead atoms. The van der Waals surface area contributed by atoms with Crippen molar-refractivity contribution in [2.45, 2.75) is 6.42 Å². The van der Waals surface area contributed by atoms with Gasteiger partial charge in [-0.1, -0.05) is 34.1 Å². The maximum atomic E-state index is 11.1. The molecule has 0 heterocycles. The van der Waals surface area contributed by atoms with Crippen molar-refractivity contribution in [1.29, 1.82) is 0 Å². The molecule has 4 nitrogen and oxygen atoms in total. The number of carbonyl (C=O) groups excluding carboxylic acids is 1. The van der Waals surface area contributed by atoms with Crippen molar-refractivity contribution in [3.8, 4) is 0 Å². The number of nitrogens with one attached hydrogen (secondary N) is 1. The molecule has 0 saturated heterocycles. The third kappa shape index (κ3) is 3.53. The summed E-state index contributed by atoms with van der Waals surface area (Å²) in [6, 6.07) is 7.67. The maximum absolute atomic E-state index is 11.1. The van der Waals surface area contributed by atoms with E-state index in [1.165, 1.54) is 5.56 Å². The Kier molecular flexibility index (Phi) is 4.58. The molecule has 15 heavy (non-hydrogen) atoms. The first-order chi connectivity index (χ1) is 7.15. The van der Waals surface area contributed by atoms with Crippen molar-refractivity contribution in [1.82, 2.24) is 10.3 Å². The van der Waals surface area contributed by atoms with E-state index in [-0.39, 0.29) is 6.03 Å². The Morgan fingerprint density at radius 1 is 1.53 bits per heavy atom. The summed E-state index contributed by atoms with van der Waals surface area (Å²) in [5.41, 5.74) is 3.27. The van der Waals surface area contributed by atoms with Gasteiger partial charge in [-0.3, -0.25) is 5.43 Å². The molecule has 0 saturated carbocycles. The third-order valence-corrected chi connectivity index (χ3v) is 2.92. The zero-order valence-corrected chi connectivity index (χ0v) is 10.1. The Balaban J connectivity index is 2.50. The highest BCUT2D eigenvalue weighted by Crippen LogP contribution is 2.16. The number of hydrogen-bond acceptors (Lipinski definition) is 2. The van der Waals surface area contributed by atoms with Crippen LogP contribution in [0.25, 0.3) is 0 Å². The third-order valence-electron chi connectivity index (χ3n) is 2.14. The molecule has 0 aliphatic heterocycles. The van der Waals surface area contributed by atoms with E-state index in [1.807, 2.05) is 24.3 Å². The molecule has 0 aliphatic carbocycles. The number of nitrogens with zero attached hydrogens (tertiary/aromatic N) is 1. The highest BCUT2D eigenvalue weighted by Gasteiger charge is 2.06. The van der Waals surface area contributed by atoms with Crippen molar-refractivity contribution < 1.29 is 4.79 Å². The van der Waals surface area contributed by atoms with E-state index in [2.05, 4.69) is 21.4 Å². The van der Waals surface area contributed by atoms with Crippen LogP contribution in [-0.2, 0) is 6.42 Å². The highest BCUT2D eigenvalue weighted by atomic mass is 79.9. The molecule has 0 atom stereocenters. The van der Waals surface area contributed by atoms with Gasteiger partial charge in [0.15, 0.2) is 0 Å². The summed E-state index contributed by atoms with van der Waals surface area (Å²) < 4.78 is 1.06. The zero-order valence-electron chi connectivity index (χ0n) is 8.53. The lowest BCUT2D eigenvalue weighted by molar-refractivity contribution is 0.209. The van der Waals surface area contributed by atoms with Gasteiger partial charge in [0.2, 0.25) is 0 Å². The number of likely N-dealkylation sites (N-methyl/N-ethyl adjacent to an activating group) is 1. The lowest BCUT2D eigenvalue weighted by atomic mass is 10.1. The van der Waals surface area contributed by atoms with Gasteiger partial charge in [-0.15, -0.1) is 0 Å². The zero-order chi connectivity index (χ0) is 11.3. The number of hydrazine groups is 1. The molecule has 3 N–H and O–H groups in total. The van der Waals surface area contributed by atoms with Crippen LogP contribution in [0.1, 0.15) is 5.56 Å². The monoisotopic (exact) mass is 271 g/mol. The van der Waals surface area contributed by atoms with Gasteiger partial charge in [0.05, 0.1) is 0 Å². The molecule has 1 aromatic carbocycles. The lowest BCUT2D eigenvalue weighted by Crippen LogP contribution is -2.41. The molecule has 0 radical (unpaired) electrons. The van der Waals surface area contributed by atoms with Crippen LogP contribution in [0.4, 0.5) is 4.79 Å². The maximum Gasteiger partial charge on any atom is 0.331 e. The summed E-state index contributed by atoms with van der Waals surface area (Å²) >= 11 is 3.46. The number of amides is 2. The van der Waals surface area contributed by atoms with Gasteiger partial charge < -0.3 is 4.90 Å². The van der Waals surface area contributed by atoms with E-state index in [0.29, 0.717) is 6.54 Å². The number of halogens is 1. The molecule has 0 aromatic heterocycles. The summed E-state index contributed by atoms with van der Waals surface area (Å²) in [7, 11) is 1.71. The summed E-state index contributed by atoms with van der Waals surface area (Å²) in [4.78, 5) is 12.6. The molecule has 0 spiro atoms. The van der Waals surface area contributed by atoms with E-state index in [1.54, 1.807) is 11.9 Å². The smallest absolute Gasteiger partial charge is 0.326 e. The minimum atomic E-state index is -0.276. The predicted molar refractivity (Wildman–Crippen MR) is 63.2 cm³/mol. The first-order valence-corrected chi connectivity index (χ1v) is 5.39. The number of urea groups is 1. The average molecular weight is 272 g/mol. The van der Waals surface area contributed by atoms with Crippen LogP contribution >= 0.6 is 15.9 Å². The first-order valence-electron chi connectivity index (χ1n) is 4.60. The quantitative estimate of drug-likeness (QED) is 0.498. The summed E-state index contributed by atoms with van der Waals surface area (Å²) in [6.07, 6.45) is 0.797. The lowest BCUT2D eigenvalue weighted by Gasteiger charge is -2.16. The Morgan fingerprint density at radius 3 is 2.80 bits per heavy atom. The van der Waals surface area contributed by atoms with E-state index in [9.17, 15) is 4.79 Å². The molecular weight excluding hydrogens is 258 g/mol. The van der Waals surface area contributed by atoms with Crippen LogP contribution in [-0.4, -0.2) is 24.5 Å².